The van der Waals surface area contributed by atoms with E-state index in [0.717, 1.165) is 10.6 Å². The Kier molecular flexibility index (Phi) is 6.55. The molecule has 0 aliphatic rings. The quantitative estimate of drug-likeness (QED) is 0.756. The number of amides is 1. The zero-order chi connectivity index (χ0) is 16.0. The molecule has 0 radical (unpaired) electrons. The van der Waals surface area contributed by atoms with Crippen molar-refractivity contribution in [3.8, 4) is 5.75 Å². The van der Waals surface area contributed by atoms with Crippen molar-refractivity contribution in [3.63, 3.8) is 0 Å². The molecule has 0 bridgehead atoms. The lowest BCUT2D eigenvalue weighted by Crippen LogP contribution is -2.46. The molecule has 0 aromatic heterocycles. The van der Waals surface area contributed by atoms with E-state index >= 15 is 0 Å². The Morgan fingerprint density at radius 2 is 1.76 bits per heavy atom. The highest BCUT2D eigenvalue weighted by Gasteiger charge is 2.26. The Labute approximate surface area is 129 Å². The molecule has 0 fully saturated rings. The second-order valence-electron chi connectivity index (χ2n) is 5.00. The van der Waals surface area contributed by atoms with Crippen LogP contribution in [0.25, 0.3) is 0 Å². The predicted molar refractivity (Wildman–Crippen MR) is 82.7 cm³/mol. The Morgan fingerprint density at radius 1 is 1.19 bits per heavy atom. The smallest absolute Gasteiger partial charge is 0.326 e. The molecule has 5 nitrogen and oxygen atoms in total. The molecule has 21 heavy (non-hydrogen) atoms. The molecule has 0 aliphatic carbocycles. The van der Waals surface area contributed by atoms with Crippen molar-refractivity contribution >= 4 is 23.6 Å². The summed E-state index contributed by atoms with van der Waals surface area (Å²) in [6.45, 7) is 5.28. The van der Waals surface area contributed by atoms with Gasteiger partial charge in [-0.1, -0.05) is 13.8 Å². The Morgan fingerprint density at radius 3 is 2.19 bits per heavy atom. The van der Waals surface area contributed by atoms with Crippen molar-refractivity contribution in [3.05, 3.63) is 24.3 Å². The third kappa shape index (κ3) is 5.30. The summed E-state index contributed by atoms with van der Waals surface area (Å²) >= 11 is 1.38. The molecule has 0 aliphatic heterocycles. The van der Waals surface area contributed by atoms with Crippen LogP contribution in [0.1, 0.15) is 20.8 Å². The molecule has 2 N–H and O–H groups in total. The molecule has 2 atom stereocenters. The summed E-state index contributed by atoms with van der Waals surface area (Å²) in [4.78, 5) is 24.1. The number of nitrogens with one attached hydrogen (secondary N) is 1. The summed E-state index contributed by atoms with van der Waals surface area (Å²) in [6, 6.07) is 6.51. The maximum Gasteiger partial charge on any atom is 0.326 e. The van der Waals surface area contributed by atoms with Crippen LogP contribution in [0, 0.1) is 5.92 Å². The van der Waals surface area contributed by atoms with Crippen molar-refractivity contribution in [2.75, 3.05) is 7.11 Å². The number of hydrogen-bond donors (Lipinski definition) is 2. The van der Waals surface area contributed by atoms with Gasteiger partial charge in [0.2, 0.25) is 5.91 Å². The second kappa shape index (κ2) is 7.93. The van der Waals surface area contributed by atoms with E-state index in [-0.39, 0.29) is 17.1 Å². The van der Waals surface area contributed by atoms with Gasteiger partial charge in [-0.2, -0.15) is 0 Å². The minimum absolute atomic E-state index is 0.162. The molecular formula is C15H21NO4S. The van der Waals surface area contributed by atoms with Crippen LogP contribution in [0.4, 0.5) is 0 Å². The lowest BCUT2D eigenvalue weighted by molar-refractivity contribution is -0.143. The van der Waals surface area contributed by atoms with Gasteiger partial charge >= 0.3 is 5.97 Å². The molecule has 1 rings (SSSR count). The van der Waals surface area contributed by atoms with Crippen LogP contribution < -0.4 is 10.1 Å². The van der Waals surface area contributed by atoms with Gasteiger partial charge in [-0.3, -0.25) is 4.79 Å². The van der Waals surface area contributed by atoms with E-state index in [2.05, 4.69) is 5.32 Å². The van der Waals surface area contributed by atoms with Crippen LogP contribution in [0.15, 0.2) is 29.2 Å². The van der Waals surface area contributed by atoms with Gasteiger partial charge in [0, 0.05) is 4.90 Å². The number of carboxylic acid groups (broad SMARTS) is 1. The summed E-state index contributed by atoms with van der Waals surface area (Å²) in [5.74, 6) is -0.705. The number of aliphatic carboxylic acids is 1. The van der Waals surface area contributed by atoms with E-state index in [9.17, 15) is 9.59 Å². The standard InChI is InChI=1S/C15H21NO4S/c1-9(2)13(15(18)19)16-14(17)10(3)21-12-7-5-11(20-4)6-8-12/h5-10,13H,1-4H3,(H,16,17)(H,18,19). The highest BCUT2D eigenvalue weighted by atomic mass is 32.2. The first-order valence-electron chi connectivity index (χ1n) is 6.69. The number of ether oxygens (including phenoxy) is 1. The SMILES string of the molecule is COc1ccc(SC(C)C(=O)NC(C(=O)O)C(C)C)cc1. The molecule has 1 aromatic carbocycles. The van der Waals surface area contributed by atoms with Gasteiger partial charge in [-0.15, -0.1) is 11.8 Å². The van der Waals surface area contributed by atoms with E-state index in [0.29, 0.717) is 0 Å². The predicted octanol–water partition coefficient (Wildman–Crippen LogP) is 2.40. The van der Waals surface area contributed by atoms with Crippen LogP contribution in [0.5, 0.6) is 5.75 Å². The van der Waals surface area contributed by atoms with Crippen molar-refractivity contribution in [1.29, 1.82) is 0 Å². The number of carbonyl (C=O) groups is 2. The molecule has 116 valence electrons. The largest absolute Gasteiger partial charge is 0.497 e. The average Bonchev–Trinajstić information content (AvgIpc) is 2.44. The first-order chi connectivity index (χ1) is 9.85. The summed E-state index contributed by atoms with van der Waals surface area (Å²) in [7, 11) is 1.59. The normalized spacial score (nSPS) is 13.6. The van der Waals surface area contributed by atoms with Gasteiger partial charge in [-0.25, -0.2) is 4.79 Å². The number of methoxy groups -OCH3 is 1. The maximum atomic E-state index is 12.1. The van der Waals surface area contributed by atoms with E-state index in [1.807, 2.05) is 24.3 Å². The number of carbonyl (C=O) groups excluding carboxylic acids is 1. The average molecular weight is 311 g/mol. The first-order valence-corrected chi connectivity index (χ1v) is 7.57. The van der Waals surface area contributed by atoms with Crippen LogP contribution in [0.3, 0.4) is 0 Å². The van der Waals surface area contributed by atoms with Gasteiger partial charge in [0.25, 0.3) is 0 Å². The highest BCUT2D eigenvalue weighted by Crippen LogP contribution is 2.25. The summed E-state index contributed by atoms with van der Waals surface area (Å²) in [5.41, 5.74) is 0. The fourth-order valence-corrected chi connectivity index (χ4v) is 2.57. The molecule has 1 amide bonds. The third-order valence-corrected chi connectivity index (χ3v) is 4.08. The van der Waals surface area contributed by atoms with Gasteiger partial charge < -0.3 is 15.2 Å². The molecule has 0 spiro atoms. The summed E-state index contributed by atoms with van der Waals surface area (Å²) < 4.78 is 5.07. The number of carboxylic acids is 1. The van der Waals surface area contributed by atoms with E-state index in [1.165, 1.54) is 11.8 Å². The van der Waals surface area contributed by atoms with Crippen molar-refractivity contribution in [2.24, 2.45) is 5.92 Å². The number of rotatable bonds is 7. The van der Waals surface area contributed by atoms with Crippen molar-refractivity contribution in [1.82, 2.24) is 5.32 Å². The van der Waals surface area contributed by atoms with Crippen LogP contribution in [0.2, 0.25) is 0 Å². The molecule has 6 heteroatoms. The lowest BCUT2D eigenvalue weighted by Gasteiger charge is -2.20. The zero-order valence-electron chi connectivity index (χ0n) is 12.6. The van der Waals surface area contributed by atoms with Gasteiger partial charge in [0.15, 0.2) is 0 Å². The van der Waals surface area contributed by atoms with Crippen LogP contribution in [-0.2, 0) is 9.59 Å². The topological polar surface area (TPSA) is 75.6 Å². The minimum atomic E-state index is -1.01. The summed E-state index contributed by atoms with van der Waals surface area (Å²) in [5, 5.41) is 11.3. The van der Waals surface area contributed by atoms with E-state index in [4.69, 9.17) is 9.84 Å². The molecule has 0 saturated heterocycles. The van der Waals surface area contributed by atoms with Gasteiger partial charge in [0.1, 0.15) is 11.8 Å². The van der Waals surface area contributed by atoms with Crippen molar-refractivity contribution in [2.45, 2.75) is 37.0 Å². The van der Waals surface area contributed by atoms with Gasteiger partial charge in [0.05, 0.1) is 12.4 Å². The number of benzene rings is 1. The molecular weight excluding hydrogens is 290 g/mol. The van der Waals surface area contributed by atoms with E-state index in [1.54, 1.807) is 27.9 Å². The zero-order valence-corrected chi connectivity index (χ0v) is 13.4. The van der Waals surface area contributed by atoms with Crippen molar-refractivity contribution < 1.29 is 19.4 Å². The van der Waals surface area contributed by atoms with Crippen LogP contribution in [-0.4, -0.2) is 35.4 Å². The second-order valence-corrected chi connectivity index (χ2v) is 6.42. The van der Waals surface area contributed by atoms with E-state index < -0.39 is 12.0 Å². The van der Waals surface area contributed by atoms with Crippen LogP contribution >= 0.6 is 11.8 Å². The number of thioether (sulfide) groups is 1. The molecule has 2 unspecified atom stereocenters. The van der Waals surface area contributed by atoms with Gasteiger partial charge in [-0.05, 0) is 37.1 Å². The fraction of sp³-hybridized carbons (Fsp3) is 0.467. The Bertz CT molecular complexity index is 487. The highest BCUT2D eigenvalue weighted by molar-refractivity contribution is 8.00. The fourth-order valence-electron chi connectivity index (χ4n) is 1.70. The minimum Gasteiger partial charge on any atom is -0.497 e. The maximum absolute atomic E-state index is 12.1. The Balaban J connectivity index is 2.63. The monoisotopic (exact) mass is 311 g/mol. The lowest BCUT2D eigenvalue weighted by atomic mass is 10.0. The third-order valence-electron chi connectivity index (χ3n) is 2.97. The Hall–Kier alpha value is -1.69. The molecule has 0 saturated carbocycles. The summed E-state index contributed by atoms with van der Waals surface area (Å²) in [6.07, 6.45) is 0. The first kappa shape index (κ1) is 17.4. The number of hydrogen-bond acceptors (Lipinski definition) is 4. The molecule has 0 heterocycles. The molecule has 1 aromatic rings.